The van der Waals surface area contributed by atoms with Gasteiger partial charge in [-0.1, -0.05) is 13.0 Å². The largest absolute Gasteiger partial charge is 0.271 e. The fraction of sp³-hybridized carbons (Fsp3) is 0.429. The van der Waals surface area contributed by atoms with Crippen molar-refractivity contribution in [3.63, 3.8) is 0 Å². The van der Waals surface area contributed by atoms with Crippen LogP contribution in [0.4, 0.5) is 0 Å². The van der Waals surface area contributed by atoms with Crippen LogP contribution in [0, 0.1) is 0 Å². The predicted molar refractivity (Wildman–Crippen MR) is 83.0 cm³/mol. The predicted octanol–water partition coefficient (Wildman–Crippen LogP) is 2.37. The zero-order chi connectivity index (χ0) is 14.5. The molecule has 0 fully saturated rings. The Bertz CT molecular complexity index is 552. The molecule has 2 heterocycles. The lowest BCUT2D eigenvalue weighted by Gasteiger charge is -2.16. The molecule has 108 valence electrons. The molecular weight excluding hydrogens is 318 g/mol. The number of nitrogens with one attached hydrogen (secondary N) is 1. The number of hydrazine groups is 1. The second-order valence-corrected chi connectivity index (χ2v) is 5.35. The van der Waals surface area contributed by atoms with Crippen molar-refractivity contribution in [2.75, 3.05) is 0 Å². The highest BCUT2D eigenvalue weighted by Gasteiger charge is 2.19. The van der Waals surface area contributed by atoms with Gasteiger partial charge in [0.15, 0.2) is 0 Å². The summed E-state index contributed by atoms with van der Waals surface area (Å²) in [5.41, 5.74) is 6.02. The van der Waals surface area contributed by atoms with Gasteiger partial charge in [-0.15, -0.1) is 0 Å². The third kappa shape index (κ3) is 3.08. The number of aromatic nitrogens is 3. The van der Waals surface area contributed by atoms with Crippen molar-refractivity contribution in [3.05, 3.63) is 46.0 Å². The van der Waals surface area contributed by atoms with Crippen LogP contribution in [0.1, 0.15) is 37.0 Å². The van der Waals surface area contributed by atoms with Gasteiger partial charge >= 0.3 is 0 Å². The maximum absolute atomic E-state index is 5.70. The molecule has 0 bridgehead atoms. The number of hydrogen-bond donors (Lipinski definition) is 2. The first kappa shape index (κ1) is 15.2. The molecule has 0 aliphatic carbocycles. The molecule has 0 spiro atoms. The van der Waals surface area contributed by atoms with Gasteiger partial charge in [0.25, 0.3) is 0 Å². The highest BCUT2D eigenvalue weighted by atomic mass is 79.9. The summed E-state index contributed by atoms with van der Waals surface area (Å²) in [6, 6.07) is 5.82. The molecular formula is C14H20BrN5. The van der Waals surface area contributed by atoms with Crippen molar-refractivity contribution in [1.29, 1.82) is 0 Å². The Kier molecular flexibility index (Phi) is 5.28. The summed E-state index contributed by atoms with van der Waals surface area (Å²) in [6.45, 7) is 5.04. The van der Waals surface area contributed by atoms with E-state index in [1.165, 1.54) is 0 Å². The lowest BCUT2D eigenvalue weighted by molar-refractivity contribution is 0.506. The van der Waals surface area contributed by atoms with Gasteiger partial charge in [-0.3, -0.25) is 20.9 Å². The van der Waals surface area contributed by atoms with E-state index >= 15 is 0 Å². The first-order chi connectivity index (χ1) is 9.71. The van der Waals surface area contributed by atoms with E-state index in [0.29, 0.717) is 0 Å². The molecule has 0 saturated heterocycles. The molecule has 6 heteroatoms. The summed E-state index contributed by atoms with van der Waals surface area (Å²) in [6.07, 6.45) is 3.43. The molecule has 2 rings (SSSR count). The highest BCUT2D eigenvalue weighted by Crippen LogP contribution is 2.26. The maximum atomic E-state index is 5.70. The highest BCUT2D eigenvalue weighted by molar-refractivity contribution is 9.10. The van der Waals surface area contributed by atoms with Crippen LogP contribution in [0.5, 0.6) is 0 Å². The number of aryl methyl sites for hydroxylation is 2. The SMILES string of the molecule is CCc1nn(CC)c(CC(NN)c2ccccn2)c1Br. The first-order valence-electron chi connectivity index (χ1n) is 6.82. The Balaban J connectivity index is 2.30. The van der Waals surface area contributed by atoms with Crippen LogP contribution in [0.2, 0.25) is 0 Å². The monoisotopic (exact) mass is 337 g/mol. The molecule has 3 N–H and O–H groups in total. The van der Waals surface area contributed by atoms with Crippen LogP contribution in [0.3, 0.4) is 0 Å². The van der Waals surface area contributed by atoms with Crippen molar-refractivity contribution in [1.82, 2.24) is 20.2 Å². The number of pyridine rings is 1. The lowest BCUT2D eigenvalue weighted by atomic mass is 10.1. The fourth-order valence-electron chi connectivity index (χ4n) is 2.24. The molecule has 0 radical (unpaired) electrons. The van der Waals surface area contributed by atoms with Crippen LogP contribution < -0.4 is 11.3 Å². The van der Waals surface area contributed by atoms with Crippen molar-refractivity contribution in [3.8, 4) is 0 Å². The third-order valence-corrected chi connectivity index (χ3v) is 4.25. The second kappa shape index (κ2) is 6.97. The van der Waals surface area contributed by atoms with Gasteiger partial charge < -0.3 is 0 Å². The zero-order valence-electron chi connectivity index (χ0n) is 11.8. The van der Waals surface area contributed by atoms with Crippen molar-refractivity contribution in [2.24, 2.45) is 5.84 Å². The van der Waals surface area contributed by atoms with E-state index in [0.717, 1.165) is 40.9 Å². The Morgan fingerprint density at radius 1 is 1.40 bits per heavy atom. The van der Waals surface area contributed by atoms with Gasteiger partial charge in [-0.25, -0.2) is 0 Å². The van der Waals surface area contributed by atoms with Gasteiger partial charge in [-0.2, -0.15) is 5.10 Å². The van der Waals surface area contributed by atoms with E-state index in [1.807, 2.05) is 22.9 Å². The Hall–Kier alpha value is -1.24. The number of hydrogen-bond acceptors (Lipinski definition) is 4. The molecule has 2 aromatic rings. The summed E-state index contributed by atoms with van der Waals surface area (Å²) in [7, 11) is 0. The van der Waals surface area contributed by atoms with E-state index < -0.39 is 0 Å². The summed E-state index contributed by atoms with van der Waals surface area (Å²) in [4.78, 5) is 4.37. The average Bonchev–Trinajstić information content (AvgIpc) is 2.81. The average molecular weight is 338 g/mol. The number of nitrogens with zero attached hydrogens (tertiary/aromatic N) is 3. The van der Waals surface area contributed by atoms with Gasteiger partial charge in [0, 0.05) is 19.2 Å². The zero-order valence-corrected chi connectivity index (χ0v) is 13.4. The smallest absolute Gasteiger partial charge is 0.0766 e. The van der Waals surface area contributed by atoms with E-state index in [4.69, 9.17) is 5.84 Å². The quantitative estimate of drug-likeness (QED) is 0.627. The molecule has 0 saturated carbocycles. The van der Waals surface area contributed by atoms with E-state index in [-0.39, 0.29) is 6.04 Å². The van der Waals surface area contributed by atoms with Gasteiger partial charge in [0.05, 0.1) is 27.6 Å². The summed E-state index contributed by atoms with van der Waals surface area (Å²) in [5.74, 6) is 5.70. The number of halogens is 1. The second-order valence-electron chi connectivity index (χ2n) is 4.55. The lowest BCUT2D eigenvalue weighted by Crippen LogP contribution is -2.31. The van der Waals surface area contributed by atoms with Gasteiger partial charge in [0.2, 0.25) is 0 Å². The molecule has 1 atom stereocenters. The van der Waals surface area contributed by atoms with Gasteiger partial charge in [-0.05, 0) is 41.4 Å². The maximum Gasteiger partial charge on any atom is 0.0766 e. The van der Waals surface area contributed by atoms with Crippen molar-refractivity contribution >= 4 is 15.9 Å². The molecule has 2 aromatic heterocycles. The molecule has 5 nitrogen and oxygen atoms in total. The molecule has 0 amide bonds. The molecule has 0 aliphatic rings. The number of rotatable bonds is 6. The molecule has 0 aromatic carbocycles. The van der Waals surface area contributed by atoms with E-state index in [2.05, 4.69) is 45.3 Å². The van der Waals surface area contributed by atoms with Crippen molar-refractivity contribution in [2.45, 2.75) is 39.3 Å². The molecule has 0 aliphatic heterocycles. The van der Waals surface area contributed by atoms with E-state index in [1.54, 1.807) is 6.20 Å². The van der Waals surface area contributed by atoms with Crippen LogP contribution in [0.15, 0.2) is 28.9 Å². The molecule has 1 unspecified atom stereocenters. The summed E-state index contributed by atoms with van der Waals surface area (Å²) in [5, 5.41) is 4.61. The Morgan fingerprint density at radius 2 is 2.20 bits per heavy atom. The topological polar surface area (TPSA) is 68.8 Å². The summed E-state index contributed by atoms with van der Waals surface area (Å²) >= 11 is 3.66. The minimum Gasteiger partial charge on any atom is -0.271 e. The Labute approximate surface area is 127 Å². The van der Waals surface area contributed by atoms with Crippen LogP contribution in [0.25, 0.3) is 0 Å². The minimum absolute atomic E-state index is 0.0285. The van der Waals surface area contributed by atoms with Crippen LogP contribution in [-0.4, -0.2) is 14.8 Å². The van der Waals surface area contributed by atoms with E-state index in [9.17, 15) is 0 Å². The van der Waals surface area contributed by atoms with Gasteiger partial charge in [0.1, 0.15) is 0 Å². The first-order valence-corrected chi connectivity index (χ1v) is 7.61. The van der Waals surface area contributed by atoms with Crippen molar-refractivity contribution < 1.29 is 0 Å². The van der Waals surface area contributed by atoms with Crippen LogP contribution in [-0.2, 0) is 19.4 Å². The summed E-state index contributed by atoms with van der Waals surface area (Å²) < 4.78 is 3.11. The minimum atomic E-state index is -0.0285. The number of nitrogens with two attached hydrogens (primary N) is 1. The van der Waals surface area contributed by atoms with Crippen LogP contribution >= 0.6 is 15.9 Å². The third-order valence-electron chi connectivity index (χ3n) is 3.34. The normalized spacial score (nSPS) is 12.6. The standard InChI is InChI=1S/C14H20BrN5/c1-3-10-14(15)13(20(4-2)19-10)9-12(18-16)11-7-5-6-8-17-11/h5-8,12,18H,3-4,9,16H2,1-2H3. The Morgan fingerprint density at radius 3 is 2.75 bits per heavy atom. The fourth-order valence-corrected chi connectivity index (χ4v) is 2.96. The molecule has 20 heavy (non-hydrogen) atoms.